The number of hydrogen-bond acceptors (Lipinski definition) is 5. The van der Waals surface area contributed by atoms with Crippen LogP contribution in [0.1, 0.15) is 5.56 Å². The molecule has 0 atom stereocenters. The van der Waals surface area contributed by atoms with Gasteiger partial charge in [0.1, 0.15) is 40.3 Å². The van der Waals surface area contributed by atoms with Gasteiger partial charge in [0.05, 0.1) is 0 Å². The number of benzene rings is 2. The lowest BCUT2D eigenvalue weighted by Crippen LogP contribution is -2.04. The quantitative estimate of drug-likeness (QED) is 0.477. The summed E-state index contributed by atoms with van der Waals surface area (Å²) >= 11 is 0.727. The molecular formula is C17H12F4N4S. The highest BCUT2D eigenvalue weighted by atomic mass is 32.2. The summed E-state index contributed by atoms with van der Waals surface area (Å²) in [7, 11) is 0. The number of aromatic nitrogens is 2. The second-order valence-electron chi connectivity index (χ2n) is 5.16. The molecule has 0 bridgehead atoms. The Morgan fingerprint density at radius 2 is 1.69 bits per heavy atom. The number of rotatable bonds is 6. The van der Waals surface area contributed by atoms with Crippen molar-refractivity contribution in [3.8, 4) is 0 Å². The van der Waals surface area contributed by atoms with Gasteiger partial charge in [-0.2, -0.15) is 0 Å². The summed E-state index contributed by atoms with van der Waals surface area (Å²) in [6.07, 6.45) is 2.79. The molecule has 9 heteroatoms. The minimum Gasteiger partial charge on any atom is -0.381 e. The maximum atomic E-state index is 14.2. The predicted molar refractivity (Wildman–Crippen MR) is 91.6 cm³/mol. The van der Waals surface area contributed by atoms with E-state index in [0.717, 1.165) is 42.3 Å². The Kier molecular flexibility index (Phi) is 5.57. The molecule has 0 aliphatic rings. The van der Waals surface area contributed by atoms with Gasteiger partial charge in [-0.3, -0.25) is 0 Å². The van der Waals surface area contributed by atoms with Crippen LogP contribution in [-0.2, 0) is 6.54 Å². The topological polar surface area (TPSA) is 49.8 Å². The number of hydrogen-bond donors (Lipinski definition) is 2. The highest BCUT2D eigenvalue weighted by Gasteiger charge is 2.13. The molecule has 0 saturated heterocycles. The molecule has 0 spiro atoms. The average molecular weight is 380 g/mol. The number of nitrogens with one attached hydrogen (secondary N) is 2. The number of halogens is 4. The van der Waals surface area contributed by atoms with E-state index in [9.17, 15) is 17.6 Å². The van der Waals surface area contributed by atoms with E-state index in [4.69, 9.17) is 0 Å². The van der Waals surface area contributed by atoms with Crippen molar-refractivity contribution in [3.05, 3.63) is 77.8 Å². The van der Waals surface area contributed by atoms with Crippen LogP contribution in [-0.4, -0.2) is 9.97 Å². The number of nitrogens with zero attached hydrogens (tertiary/aromatic N) is 2. The lowest BCUT2D eigenvalue weighted by atomic mass is 10.2. The van der Waals surface area contributed by atoms with Crippen LogP contribution in [0.4, 0.5) is 29.1 Å². The van der Waals surface area contributed by atoms with Gasteiger partial charge >= 0.3 is 0 Å². The van der Waals surface area contributed by atoms with Crippen molar-refractivity contribution in [1.29, 1.82) is 0 Å². The molecule has 26 heavy (non-hydrogen) atoms. The molecule has 134 valence electrons. The molecule has 3 rings (SSSR count). The first-order chi connectivity index (χ1) is 12.5. The molecule has 3 aromatic rings. The summed E-state index contributed by atoms with van der Waals surface area (Å²) < 4.78 is 57.8. The van der Waals surface area contributed by atoms with Crippen molar-refractivity contribution in [2.24, 2.45) is 0 Å². The standard InChI is InChI=1S/C17H12F4N4S/c18-11-1-2-13(19)10(5-11)8-23-12-6-14(20)17(15(21)7-12)26-25-16-3-4-22-9-24-16/h1-7,9,23H,8H2,(H,22,24,25). The van der Waals surface area contributed by atoms with E-state index in [0.29, 0.717) is 5.82 Å². The van der Waals surface area contributed by atoms with E-state index in [1.54, 1.807) is 6.07 Å². The summed E-state index contributed by atoms with van der Waals surface area (Å²) in [6.45, 7) is -0.117. The van der Waals surface area contributed by atoms with Gasteiger partial charge in [-0.05, 0) is 48.3 Å². The minimum absolute atomic E-state index is 0.0506. The third-order valence-electron chi connectivity index (χ3n) is 3.33. The number of anilines is 2. The molecule has 4 nitrogen and oxygen atoms in total. The smallest absolute Gasteiger partial charge is 0.143 e. The van der Waals surface area contributed by atoms with Crippen LogP contribution < -0.4 is 10.0 Å². The summed E-state index contributed by atoms with van der Waals surface area (Å²) in [6, 6.07) is 6.70. The lowest BCUT2D eigenvalue weighted by Gasteiger charge is -2.11. The van der Waals surface area contributed by atoms with Crippen LogP contribution in [0.3, 0.4) is 0 Å². The monoisotopic (exact) mass is 380 g/mol. The van der Waals surface area contributed by atoms with Crippen molar-refractivity contribution in [3.63, 3.8) is 0 Å². The van der Waals surface area contributed by atoms with Crippen LogP contribution >= 0.6 is 11.9 Å². The van der Waals surface area contributed by atoms with Gasteiger partial charge in [0.15, 0.2) is 0 Å². The maximum absolute atomic E-state index is 14.2. The molecular weight excluding hydrogens is 368 g/mol. The molecule has 1 aromatic heterocycles. The molecule has 1 heterocycles. The SMILES string of the molecule is Fc1ccc(F)c(CNc2cc(F)c(SNc3ccncn3)c(F)c2)c1. The Morgan fingerprint density at radius 1 is 0.923 bits per heavy atom. The van der Waals surface area contributed by atoms with Crippen LogP contribution in [0.5, 0.6) is 0 Å². The van der Waals surface area contributed by atoms with Crippen LogP contribution in [0.2, 0.25) is 0 Å². The van der Waals surface area contributed by atoms with Crippen LogP contribution in [0.25, 0.3) is 0 Å². The molecule has 0 saturated carbocycles. The Bertz CT molecular complexity index is 886. The highest BCUT2D eigenvalue weighted by molar-refractivity contribution is 8.00. The first kappa shape index (κ1) is 18.0. The Hall–Kier alpha value is -2.81. The highest BCUT2D eigenvalue weighted by Crippen LogP contribution is 2.29. The Labute approximate surface area is 150 Å². The first-order valence-electron chi connectivity index (χ1n) is 7.38. The van der Waals surface area contributed by atoms with E-state index < -0.39 is 23.3 Å². The van der Waals surface area contributed by atoms with Crippen molar-refractivity contribution >= 4 is 23.5 Å². The van der Waals surface area contributed by atoms with Gasteiger partial charge in [-0.25, -0.2) is 27.5 Å². The van der Waals surface area contributed by atoms with Gasteiger partial charge in [0.2, 0.25) is 0 Å². The molecule has 2 aromatic carbocycles. The molecule has 0 amide bonds. The molecule has 0 fully saturated rings. The zero-order valence-electron chi connectivity index (χ0n) is 13.1. The minimum atomic E-state index is -0.807. The van der Waals surface area contributed by atoms with Gasteiger partial charge < -0.3 is 10.0 Å². The average Bonchev–Trinajstić information content (AvgIpc) is 2.62. The molecule has 2 N–H and O–H groups in total. The zero-order chi connectivity index (χ0) is 18.5. The third kappa shape index (κ3) is 4.42. The lowest BCUT2D eigenvalue weighted by molar-refractivity contribution is 0.541. The van der Waals surface area contributed by atoms with Gasteiger partial charge in [-0.15, -0.1) is 0 Å². The maximum Gasteiger partial charge on any atom is 0.143 e. The zero-order valence-corrected chi connectivity index (χ0v) is 14.0. The molecule has 0 unspecified atom stereocenters. The fourth-order valence-corrected chi connectivity index (χ4v) is 2.73. The van der Waals surface area contributed by atoms with E-state index >= 15 is 0 Å². The molecule has 0 aliphatic heterocycles. The van der Waals surface area contributed by atoms with Gasteiger partial charge in [-0.1, -0.05) is 0 Å². The van der Waals surface area contributed by atoms with E-state index in [-0.39, 0.29) is 22.7 Å². The van der Waals surface area contributed by atoms with Gasteiger partial charge in [0, 0.05) is 24.0 Å². The fourth-order valence-electron chi connectivity index (χ4n) is 2.09. The fraction of sp³-hybridized carbons (Fsp3) is 0.0588. The second kappa shape index (κ2) is 8.05. The van der Waals surface area contributed by atoms with Crippen LogP contribution in [0, 0.1) is 23.3 Å². The van der Waals surface area contributed by atoms with Gasteiger partial charge in [0.25, 0.3) is 0 Å². The van der Waals surface area contributed by atoms with E-state index in [1.165, 1.54) is 12.5 Å². The summed E-state index contributed by atoms with van der Waals surface area (Å²) in [4.78, 5) is 7.38. The Morgan fingerprint density at radius 3 is 2.38 bits per heavy atom. The van der Waals surface area contributed by atoms with Crippen LogP contribution in [0.15, 0.2) is 53.8 Å². The third-order valence-corrected chi connectivity index (χ3v) is 4.23. The van der Waals surface area contributed by atoms with Crippen molar-refractivity contribution in [2.45, 2.75) is 11.4 Å². The summed E-state index contributed by atoms with van der Waals surface area (Å²) in [5.74, 6) is -2.42. The van der Waals surface area contributed by atoms with Crippen molar-refractivity contribution < 1.29 is 17.6 Å². The summed E-state index contributed by atoms with van der Waals surface area (Å²) in [5, 5.41) is 2.67. The summed E-state index contributed by atoms with van der Waals surface area (Å²) in [5.41, 5.74) is 0.157. The van der Waals surface area contributed by atoms with E-state index in [1.807, 2.05) is 0 Å². The van der Waals surface area contributed by atoms with E-state index in [2.05, 4.69) is 20.0 Å². The first-order valence-corrected chi connectivity index (χ1v) is 8.20. The van der Waals surface area contributed by atoms with Crippen molar-refractivity contribution in [2.75, 3.05) is 10.0 Å². The second-order valence-corrected chi connectivity index (χ2v) is 5.97. The molecule has 0 aliphatic carbocycles. The molecule has 0 radical (unpaired) electrons. The Balaban J connectivity index is 1.69. The van der Waals surface area contributed by atoms with Crippen molar-refractivity contribution in [1.82, 2.24) is 9.97 Å². The predicted octanol–water partition coefficient (Wildman–Crippen LogP) is 4.76. The normalized spacial score (nSPS) is 10.6. The largest absolute Gasteiger partial charge is 0.381 e.